The van der Waals surface area contributed by atoms with E-state index in [1.807, 2.05) is 14.0 Å². The maximum absolute atomic E-state index is 12.4. The molecule has 0 aliphatic heterocycles. The molecule has 4 nitrogen and oxygen atoms in total. The van der Waals surface area contributed by atoms with Crippen LogP contribution in [0.3, 0.4) is 0 Å². The third-order valence-corrected chi connectivity index (χ3v) is 2.82. The van der Waals surface area contributed by atoms with Crippen LogP contribution in [-0.4, -0.2) is 21.8 Å². The smallest absolute Gasteiger partial charge is 0.313 e. The molecule has 102 valence electrons. The normalized spacial score (nSPS) is 13.5. The van der Waals surface area contributed by atoms with Crippen molar-refractivity contribution in [3.63, 3.8) is 0 Å². The molecule has 1 unspecified atom stereocenters. The predicted octanol–water partition coefficient (Wildman–Crippen LogP) is 2.57. The van der Waals surface area contributed by atoms with Gasteiger partial charge in [-0.25, -0.2) is 9.67 Å². The van der Waals surface area contributed by atoms with Gasteiger partial charge in [-0.1, -0.05) is 6.07 Å². The van der Waals surface area contributed by atoms with Crippen molar-refractivity contribution >= 4 is 0 Å². The number of alkyl halides is 3. The topological polar surface area (TPSA) is 42.7 Å². The van der Waals surface area contributed by atoms with Crippen molar-refractivity contribution in [3.8, 4) is 5.82 Å². The lowest BCUT2D eigenvalue weighted by molar-refractivity contribution is -0.141. The summed E-state index contributed by atoms with van der Waals surface area (Å²) >= 11 is 0. The van der Waals surface area contributed by atoms with E-state index in [9.17, 15) is 13.2 Å². The largest absolute Gasteiger partial charge is 0.435 e. The Morgan fingerprint density at radius 2 is 2.00 bits per heavy atom. The molecule has 7 heteroatoms. The van der Waals surface area contributed by atoms with E-state index in [4.69, 9.17) is 0 Å². The molecule has 19 heavy (non-hydrogen) atoms. The van der Waals surface area contributed by atoms with Crippen molar-refractivity contribution in [1.82, 2.24) is 20.1 Å². The fraction of sp³-hybridized carbons (Fsp3) is 0.333. The Balaban J connectivity index is 2.25. The van der Waals surface area contributed by atoms with Crippen molar-refractivity contribution in [1.29, 1.82) is 0 Å². The van der Waals surface area contributed by atoms with E-state index in [1.54, 1.807) is 18.3 Å². The zero-order valence-electron chi connectivity index (χ0n) is 10.4. The van der Waals surface area contributed by atoms with Crippen LogP contribution >= 0.6 is 0 Å². The lowest BCUT2D eigenvalue weighted by Crippen LogP contribution is -2.13. The monoisotopic (exact) mass is 270 g/mol. The molecule has 0 spiro atoms. The van der Waals surface area contributed by atoms with Gasteiger partial charge in [0.15, 0.2) is 11.5 Å². The number of rotatable bonds is 3. The van der Waals surface area contributed by atoms with E-state index in [0.717, 1.165) is 16.3 Å². The molecule has 0 amide bonds. The first-order valence-electron chi connectivity index (χ1n) is 5.68. The zero-order chi connectivity index (χ0) is 14.0. The minimum Gasteiger partial charge on any atom is -0.313 e. The van der Waals surface area contributed by atoms with Gasteiger partial charge in [-0.2, -0.15) is 18.3 Å². The molecule has 1 atom stereocenters. The number of nitrogens with zero attached hydrogens (tertiary/aromatic N) is 3. The van der Waals surface area contributed by atoms with E-state index >= 15 is 0 Å². The Labute approximate surface area is 108 Å². The molecule has 0 aliphatic carbocycles. The standard InChI is InChI=1S/C12H13F3N4/c1-8(16-2)9-3-4-11(17-7-9)19-6-5-10(18-19)12(13,14)15/h3-8,16H,1-2H3. The van der Waals surface area contributed by atoms with Crippen LogP contribution in [0.5, 0.6) is 0 Å². The molecule has 0 aliphatic rings. The third kappa shape index (κ3) is 2.93. The number of pyridine rings is 1. The highest BCUT2D eigenvalue weighted by Gasteiger charge is 2.33. The Morgan fingerprint density at radius 1 is 1.26 bits per heavy atom. The highest BCUT2D eigenvalue weighted by Crippen LogP contribution is 2.27. The van der Waals surface area contributed by atoms with Gasteiger partial charge < -0.3 is 5.32 Å². The van der Waals surface area contributed by atoms with Crippen LogP contribution in [0.1, 0.15) is 24.2 Å². The van der Waals surface area contributed by atoms with Crippen molar-refractivity contribution in [2.45, 2.75) is 19.1 Å². The van der Waals surface area contributed by atoms with Gasteiger partial charge in [-0.3, -0.25) is 0 Å². The second-order valence-electron chi connectivity index (χ2n) is 4.10. The van der Waals surface area contributed by atoms with Gasteiger partial charge in [0.2, 0.25) is 0 Å². The Kier molecular flexibility index (Phi) is 3.57. The predicted molar refractivity (Wildman–Crippen MR) is 63.8 cm³/mol. The third-order valence-electron chi connectivity index (χ3n) is 2.82. The van der Waals surface area contributed by atoms with Crippen LogP contribution in [0.25, 0.3) is 5.82 Å². The molecule has 2 rings (SSSR count). The first-order valence-corrected chi connectivity index (χ1v) is 5.68. The number of nitrogens with one attached hydrogen (secondary N) is 1. The number of aromatic nitrogens is 3. The summed E-state index contributed by atoms with van der Waals surface area (Å²) in [5.41, 5.74) is 0.0245. The molecule has 0 fully saturated rings. The highest BCUT2D eigenvalue weighted by atomic mass is 19.4. The quantitative estimate of drug-likeness (QED) is 0.932. The molecule has 2 aromatic heterocycles. The van der Waals surface area contributed by atoms with Gasteiger partial charge >= 0.3 is 6.18 Å². The van der Waals surface area contributed by atoms with Gasteiger partial charge in [0, 0.05) is 18.4 Å². The molecule has 0 saturated carbocycles. The molecular formula is C12H13F3N4. The van der Waals surface area contributed by atoms with Crippen molar-refractivity contribution < 1.29 is 13.2 Å². The highest BCUT2D eigenvalue weighted by molar-refractivity contribution is 5.26. The number of hydrogen-bond acceptors (Lipinski definition) is 3. The first kappa shape index (κ1) is 13.5. The maximum atomic E-state index is 12.4. The van der Waals surface area contributed by atoms with Crippen molar-refractivity contribution in [3.05, 3.63) is 41.9 Å². The van der Waals surface area contributed by atoms with Crippen LogP contribution in [0.2, 0.25) is 0 Å². The molecule has 2 aromatic rings. The van der Waals surface area contributed by atoms with Crippen LogP contribution in [-0.2, 0) is 6.18 Å². The molecule has 0 bridgehead atoms. The zero-order valence-corrected chi connectivity index (χ0v) is 10.4. The van der Waals surface area contributed by atoms with Gasteiger partial charge in [-0.05, 0) is 31.7 Å². The molecule has 0 aromatic carbocycles. The Morgan fingerprint density at radius 3 is 2.47 bits per heavy atom. The van der Waals surface area contributed by atoms with E-state index < -0.39 is 11.9 Å². The van der Waals surface area contributed by atoms with E-state index in [2.05, 4.69) is 15.4 Å². The molecular weight excluding hydrogens is 257 g/mol. The van der Waals surface area contributed by atoms with Crippen LogP contribution in [0.4, 0.5) is 13.2 Å². The SMILES string of the molecule is CNC(C)c1ccc(-n2ccc(C(F)(F)F)n2)nc1. The molecule has 0 saturated heterocycles. The fourth-order valence-corrected chi connectivity index (χ4v) is 1.56. The number of halogens is 3. The van der Waals surface area contributed by atoms with Crippen LogP contribution < -0.4 is 5.32 Å². The maximum Gasteiger partial charge on any atom is 0.435 e. The minimum absolute atomic E-state index is 0.130. The van der Waals surface area contributed by atoms with Crippen LogP contribution in [0.15, 0.2) is 30.6 Å². The average Bonchev–Trinajstić information content (AvgIpc) is 2.87. The average molecular weight is 270 g/mol. The molecule has 1 N–H and O–H groups in total. The van der Waals surface area contributed by atoms with Gasteiger partial charge in [-0.15, -0.1) is 0 Å². The lowest BCUT2D eigenvalue weighted by Gasteiger charge is -2.10. The summed E-state index contributed by atoms with van der Waals surface area (Å²) in [4.78, 5) is 4.11. The Bertz CT molecular complexity index is 545. The van der Waals surface area contributed by atoms with E-state index in [0.29, 0.717) is 5.82 Å². The first-order chi connectivity index (χ1) is 8.91. The van der Waals surface area contributed by atoms with Crippen LogP contribution in [0, 0.1) is 0 Å². The minimum atomic E-state index is -4.44. The molecule has 2 heterocycles. The summed E-state index contributed by atoms with van der Waals surface area (Å²) in [6.45, 7) is 1.96. The lowest BCUT2D eigenvalue weighted by atomic mass is 10.1. The summed E-state index contributed by atoms with van der Waals surface area (Å²) in [5.74, 6) is 0.350. The second-order valence-corrected chi connectivity index (χ2v) is 4.10. The molecule has 0 radical (unpaired) electrons. The van der Waals surface area contributed by atoms with Crippen molar-refractivity contribution in [2.75, 3.05) is 7.05 Å². The summed E-state index contributed by atoms with van der Waals surface area (Å²) in [6.07, 6.45) is -1.58. The summed E-state index contributed by atoms with van der Waals surface area (Å²) in [6, 6.07) is 4.49. The Hall–Kier alpha value is -1.89. The second kappa shape index (κ2) is 5.00. The fourth-order valence-electron chi connectivity index (χ4n) is 1.56. The summed E-state index contributed by atoms with van der Waals surface area (Å²) in [5, 5.41) is 6.51. The van der Waals surface area contributed by atoms with Gasteiger partial charge in [0.05, 0.1) is 0 Å². The summed E-state index contributed by atoms with van der Waals surface area (Å²) in [7, 11) is 1.82. The number of hydrogen-bond donors (Lipinski definition) is 1. The van der Waals surface area contributed by atoms with Gasteiger partial charge in [0.25, 0.3) is 0 Å². The van der Waals surface area contributed by atoms with E-state index in [-0.39, 0.29) is 6.04 Å². The van der Waals surface area contributed by atoms with E-state index in [1.165, 1.54) is 6.20 Å². The summed E-state index contributed by atoms with van der Waals surface area (Å²) < 4.78 is 38.4. The van der Waals surface area contributed by atoms with Crippen molar-refractivity contribution in [2.24, 2.45) is 0 Å². The van der Waals surface area contributed by atoms with Gasteiger partial charge in [0.1, 0.15) is 0 Å².